The molecule has 1 unspecified atom stereocenters. The second-order valence-corrected chi connectivity index (χ2v) is 4.42. The Morgan fingerprint density at radius 3 is 2.83 bits per heavy atom. The molecule has 0 fully saturated rings. The first-order valence-corrected chi connectivity index (χ1v) is 6.35. The molecule has 1 rings (SSSR count). The van der Waals surface area contributed by atoms with Gasteiger partial charge in [-0.05, 0) is 32.4 Å². The first kappa shape index (κ1) is 14.5. The average molecular weight is 252 g/mol. The number of nitrogens with one attached hydrogen (secondary N) is 2. The molecule has 0 aromatic heterocycles. The molecule has 0 aliphatic heterocycles. The van der Waals surface area contributed by atoms with Gasteiger partial charge in [0.05, 0.1) is 0 Å². The van der Waals surface area contributed by atoms with Crippen molar-refractivity contribution < 1.29 is 9.18 Å². The van der Waals surface area contributed by atoms with E-state index in [1.807, 2.05) is 0 Å². The van der Waals surface area contributed by atoms with Crippen molar-refractivity contribution in [3.8, 4) is 0 Å². The quantitative estimate of drug-likeness (QED) is 0.764. The third-order valence-electron chi connectivity index (χ3n) is 2.86. The number of anilines is 1. The molecule has 0 radical (unpaired) electrons. The molecule has 1 amide bonds. The van der Waals surface area contributed by atoms with E-state index >= 15 is 0 Å². The summed E-state index contributed by atoms with van der Waals surface area (Å²) < 4.78 is 13.3. The van der Waals surface area contributed by atoms with Gasteiger partial charge in [-0.15, -0.1) is 0 Å². The number of carbonyl (C=O) groups excluding carboxylic acids is 1. The molecule has 2 N–H and O–H groups in total. The van der Waals surface area contributed by atoms with E-state index in [0.29, 0.717) is 17.8 Å². The van der Waals surface area contributed by atoms with Gasteiger partial charge in [-0.3, -0.25) is 4.79 Å². The summed E-state index contributed by atoms with van der Waals surface area (Å²) in [5.74, 6) is -0.328. The first-order valence-electron chi connectivity index (χ1n) is 6.35. The van der Waals surface area contributed by atoms with Gasteiger partial charge in [0.15, 0.2) is 0 Å². The lowest BCUT2D eigenvalue weighted by Gasteiger charge is -2.17. The van der Waals surface area contributed by atoms with Crippen LogP contribution in [-0.4, -0.2) is 18.5 Å². The van der Waals surface area contributed by atoms with Crippen molar-refractivity contribution in [1.29, 1.82) is 0 Å². The Kier molecular flexibility index (Phi) is 5.62. The maximum atomic E-state index is 13.3. The molecule has 0 saturated carbocycles. The Bertz CT molecular complexity index is 407. The zero-order chi connectivity index (χ0) is 13.5. The highest BCUT2D eigenvalue weighted by molar-refractivity contribution is 5.84. The van der Waals surface area contributed by atoms with E-state index in [9.17, 15) is 9.18 Å². The van der Waals surface area contributed by atoms with Crippen molar-refractivity contribution in [3.63, 3.8) is 0 Å². The van der Waals surface area contributed by atoms with Crippen LogP contribution >= 0.6 is 0 Å². The van der Waals surface area contributed by atoms with E-state index in [0.717, 1.165) is 12.8 Å². The van der Waals surface area contributed by atoms with Crippen LogP contribution in [-0.2, 0) is 4.79 Å². The topological polar surface area (TPSA) is 41.1 Å². The Labute approximate surface area is 108 Å². The van der Waals surface area contributed by atoms with Gasteiger partial charge < -0.3 is 10.6 Å². The molecule has 0 aliphatic carbocycles. The molecular weight excluding hydrogens is 231 g/mol. The van der Waals surface area contributed by atoms with Gasteiger partial charge in [0.2, 0.25) is 5.91 Å². The van der Waals surface area contributed by atoms with Crippen LogP contribution < -0.4 is 10.6 Å². The number of rotatable bonds is 6. The zero-order valence-corrected chi connectivity index (χ0v) is 11.2. The number of hydrogen-bond donors (Lipinski definition) is 2. The number of hydrogen-bond acceptors (Lipinski definition) is 2. The van der Waals surface area contributed by atoms with Crippen LogP contribution in [0, 0.1) is 12.7 Å². The predicted molar refractivity (Wildman–Crippen MR) is 72.1 cm³/mol. The highest BCUT2D eigenvalue weighted by atomic mass is 19.1. The van der Waals surface area contributed by atoms with E-state index in [2.05, 4.69) is 17.6 Å². The van der Waals surface area contributed by atoms with Gasteiger partial charge in [-0.25, -0.2) is 4.39 Å². The number of amides is 1. The van der Waals surface area contributed by atoms with Crippen molar-refractivity contribution in [2.45, 2.75) is 39.7 Å². The molecule has 0 aliphatic rings. The molecule has 0 heterocycles. The van der Waals surface area contributed by atoms with E-state index in [1.54, 1.807) is 26.0 Å². The Balaban J connectivity index is 2.56. The van der Waals surface area contributed by atoms with Gasteiger partial charge in [0.25, 0.3) is 0 Å². The molecule has 4 heteroatoms. The highest BCUT2D eigenvalue weighted by Gasteiger charge is 2.13. The standard InChI is InChI=1S/C14H21FN2O/c1-4-5-9-16-14(18)11(3)17-13-8-6-7-12(15)10(13)2/h6-8,11,17H,4-5,9H2,1-3H3,(H,16,18). The van der Waals surface area contributed by atoms with Crippen LogP contribution in [0.2, 0.25) is 0 Å². The number of halogens is 1. The maximum absolute atomic E-state index is 13.3. The van der Waals surface area contributed by atoms with Crippen molar-refractivity contribution in [2.24, 2.45) is 0 Å². The molecule has 0 spiro atoms. The average Bonchev–Trinajstić information content (AvgIpc) is 2.35. The van der Waals surface area contributed by atoms with Gasteiger partial charge >= 0.3 is 0 Å². The molecule has 0 bridgehead atoms. The van der Waals surface area contributed by atoms with Crippen molar-refractivity contribution in [2.75, 3.05) is 11.9 Å². The number of benzene rings is 1. The second kappa shape index (κ2) is 6.99. The normalized spacial score (nSPS) is 12.0. The Hall–Kier alpha value is -1.58. The smallest absolute Gasteiger partial charge is 0.242 e. The van der Waals surface area contributed by atoms with Crippen molar-refractivity contribution >= 4 is 11.6 Å². The van der Waals surface area contributed by atoms with Gasteiger partial charge in [-0.1, -0.05) is 19.4 Å². The molecule has 0 saturated heterocycles. The third kappa shape index (κ3) is 4.02. The van der Waals surface area contributed by atoms with Gasteiger partial charge in [-0.2, -0.15) is 0 Å². The summed E-state index contributed by atoms with van der Waals surface area (Å²) in [7, 11) is 0. The fourth-order valence-electron chi connectivity index (χ4n) is 1.60. The van der Waals surface area contributed by atoms with E-state index in [1.165, 1.54) is 6.07 Å². The second-order valence-electron chi connectivity index (χ2n) is 4.42. The van der Waals surface area contributed by atoms with E-state index < -0.39 is 0 Å². The fourth-order valence-corrected chi connectivity index (χ4v) is 1.60. The molecule has 1 aromatic carbocycles. The summed E-state index contributed by atoms with van der Waals surface area (Å²) in [6.07, 6.45) is 2.02. The summed E-state index contributed by atoms with van der Waals surface area (Å²) in [4.78, 5) is 11.8. The molecule has 3 nitrogen and oxygen atoms in total. The summed E-state index contributed by atoms with van der Waals surface area (Å²) in [6, 6.07) is 4.44. The van der Waals surface area contributed by atoms with Crippen LogP contribution in [0.3, 0.4) is 0 Å². The molecule has 1 atom stereocenters. The molecule has 18 heavy (non-hydrogen) atoms. The monoisotopic (exact) mass is 252 g/mol. The van der Waals surface area contributed by atoms with E-state index in [4.69, 9.17) is 0 Å². The zero-order valence-electron chi connectivity index (χ0n) is 11.2. The van der Waals surface area contributed by atoms with Crippen molar-refractivity contribution in [3.05, 3.63) is 29.6 Å². The maximum Gasteiger partial charge on any atom is 0.242 e. The summed E-state index contributed by atoms with van der Waals surface area (Å²) in [5, 5.41) is 5.87. The van der Waals surface area contributed by atoms with Crippen molar-refractivity contribution in [1.82, 2.24) is 5.32 Å². The lowest BCUT2D eigenvalue weighted by Crippen LogP contribution is -2.38. The minimum Gasteiger partial charge on any atom is -0.374 e. The number of carbonyl (C=O) groups is 1. The largest absolute Gasteiger partial charge is 0.374 e. The van der Waals surface area contributed by atoms with Crippen LogP contribution in [0.4, 0.5) is 10.1 Å². The fraction of sp³-hybridized carbons (Fsp3) is 0.500. The van der Waals surface area contributed by atoms with Gasteiger partial charge in [0.1, 0.15) is 11.9 Å². The lowest BCUT2D eigenvalue weighted by atomic mass is 10.1. The predicted octanol–water partition coefficient (Wildman–Crippen LogP) is 2.85. The Morgan fingerprint density at radius 1 is 1.44 bits per heavy atom. The Morgan fingerprint density at radius 2 is 2.17 bits per heavy atom. The highest BCUT2D eigenvalue weighted by Crippen LogP contribution is 2.18. The van der Waals surface area contributed by atoms with Crippen LogP contribution in [0.25, 0.3) is 0 Å². The SMILES string of the molecule is CCCCNC(=O)C(C)Nc1cccc(F)c1C. The first-order chi connectivity index (χ1) is 8.56. The number of unbranched alkanes of at least 4 members (excludes halogenated alkanes) is 1. The molecular formula is C14H21FN2O. The van der Waals surface area contributed by atoms with Crippen LogP contribution in [0.1, 0.15) is 32.3 Å². The van der Waals surface area contributed by atoms with Crippen LogP contribution in [0.15, 0.2) is 18.2 Å². The molecule has 100 valence electrons. The van der Waals surface area contributed by atoms with Gasteiger partial charge in [0, 0.05) is 17.8 Å². The summed E-state index contributed by atoms with van der Waals surface area (Å²) in [6.45, 7) is 6.22. The summed E-state index contributed by atoms with van der Waals surface area (Å²) >= 11 is 0. The summed E-state index contributed by atoms with van der Waals surface area (Å²) in [5.41, 5.74) is 1.19. The minimum absolute atomic E-state index is 0.0629. The van der Waals surface area contributed by atoms with E-state index in [-0.39, 0.29) is 17.8 Å². The third-order valence-corrected chi connectivity index (χ3v) is 2.86. The lowest BCUT2D eigenvalue weighted by molar-refractivity contribution is -0.121. The molecule has 1 aromatic rings. The van der Waals surface area contributed by atoms with Crippen LogP contribution in [0.5, 0.6) is 0 Å². The minimum atomic E-state index is -0.373.